The van der Waals surface area contributed by atoms with E-state index in [1.165, 1.54) is 0 Å². The van der Waals surface area contributed by atoms with E-state index in [1.807, 2.05) is 0 Å². The molecule has 1 N–H and O–H groups in total. The topological polar surface area (TPSA) is 83.7 Å². The zero-order valence-electron chi connectivity index (χ0n) is 14.4. The van der Waals surface area contributed by atoms with Crippen LogP contribution in [0.25, 0.3) is 0 Å². The molecule has 1 fully saturated rings. The smallest absolute Gasteiger partial charge is 0.243 e. The second-order valence-electron chi connectivity index (χ2n) is 6.63. The molecule has 0 aliphatic carbocycles. The molecule has 0 aromatic carbocycles. The average Bonchev–Trinajstić information content (AvgIpc) is 3.23. The molecule has 7 heteroatoms. The van der Waals surface area contributed by atoms with Crippen LogP contribution < -0.4 is 0 Å². The van der Waals surface area contributed by atoms with Crippen molar-refractivity contribution in [2.24, 2.45) is 0 Å². The number of aromatic amines is 1. The summed E-state index contributed by atoms with van der Waals surface area (Å²) in [6.45, 7) is 10.4. The maximum absolute atomic E-state index is 5.44. The number of nitrogens with one attached hydrogen (secondary N) is 1. The molecule has 7 nitrogen and oxygen atoms in total. The molecule has 1 aliphatic heterocycles. The number of aryl methyl sites for hydroxylation is 1. The summed E-state index contributed by atoms with van der Waals surface area (Å²) in [5.74, 6) is 4.19. The van der Waals surface area contributed by atoms with Gasteiger partial charge in [-0.3, -0.25) is 10.00 Å². The van der Waals surface area contributed by atoms with E-state index in [1.54, 1.807) is 0 Å². The molecule has 126 valence electrons. The summed E-state index contributed by atoms with van der Waals surface area (Å²) in [6.07, 6.45) is 3.03. The third-order valence-electron chi connectivity index (χ3n) is 4.66. The van der Waals surface area contributed by atoms with Crippen LogP contribution in [-0.2, 0) is 6.42 Å². The van der Waals surface area contributed by atoms with Crippen LogP contribution in [0.4, 0.5) is 0 Å². The first kappa shape index (κ1) is 16.1. The SMILES string of the molecule is CCc1nc(C2CCN([C@H](C)c3nc(C(C)C)no3)CC2)n[nH]1. The highest BCUT2D eigenvalue weighted by Gasteiger charge is 2.29. The van der Waals surface area contributed by atoms with Crippen molar-refractivity contribution in [3.8, 4) is 0 Å². The van der Waals surface area contributed by atoms with Crippen LogP contribution in [0.3, 0.4) is 0 Å². The second-order valence-corrected chi connectivity index (χ2v) is 6.63. The Morgan fingerprint density at radius 2 is 1.96 bits per heavy atom. The molecule has 0 radical (unpaired) electrons. The van der Waals surface area contributed by atoms with E-state index in [0.29, 0.717) is 11.8 Å². The number of H-pyrrole nitrogens is 1. The van der Waals surface area contributed by atoms with Gasteiger partial charge < -0.3 is 4.52 Å². The Balaban J connectivity index is 1.59. The highest BCUT2D eigenvalue weighted by atomic mass is 16.5. The van der Waals surface area contributed by atoms with Crippen LogP contribution >= 0.6 is 0 Å². The molecular formula is C16H26N6O. The fourth-order valence-electron chi connectivity index (χ4n) is 3.00. The van der Waals surface area contributed by atoms with Gasteiger partial charge >= 0.3 is 0 Å². The first-order chi connectivity index (χ1) is 11.1. The minimum absolute atomic E-state index is 0.161. The van der Waals surface area contributed by atoms with Crippen molar-refractivity contribution in [1.82, 2.24) is 30.2 Å². The van der Waals surface area contributed by atoms with Crippen LogP contribution in [0, 0.1) is 0 Å². The van der Waals surface area contributed by atoms with Gasteiger partial charge in [0.15, 0.2) is 11.6 Å². The zero-order valence-corrected chi connectivity index (χ0v) is 14.4. The highest BCUT2D eigenvalue weighted by Crippen LogP contribution is 2.30. The van der Waals surface area contributed by atoms with E-state index < -0.39 is 0 Å². The number of piperidine rings is 1. The fraction of sp³-hybridized carbons (Fsp3) is 0.750. The van der Waals surface area contributed by atoms with E-state index in [2.05, 4.69) is 57.9 Å². The van der Waals surface area contributed by atoms with E-state index in [0.717, 1.165) is 55.7 Å². The van der Waals surface area contributed by atoms with Crippen molar-refractivity contribution in [3.63, 3.8) is 0 Å². The Labute approximate surface area is 136 Å². The Kier molecular flexibility index (Phi) is 4.75. The standard InChI is InChI=1S/C16H26N6O/c1-5-13-17-15(20-19-13)12-6-8-22(9-7-12)11(4)16-18-14(10(2)3)21-23-16/h10-12H,5-9H2,1-4H3,(H,17,19,20)/t11-/m1/s1. The Bertz CT molecular complexity index is 626. The Morgan fingerprint density at radius 1 is 1.22 bits per heavy atom. The third kappa shape index (κ3) is 3.44. The van der Waals surface area contributed by atoms with Gasteiger partial charge in [0.05, 0.1) is 6.04 Å². The molecule has 2 aromatic rings. The zero-order chi connectivity index (χ0) is 16.4. The summed E-state index contributed by atoms with van der Waals surface area (Å²) in [5.41, 5.74) is 0. The molecule has 0 spiro atoms. The van der Waals surface area contributed by atoms with Gasteiger partial charge in [-0.1, -0.05) is 25.9 Å². The predicted molar refractivity (Wildman–Crippen MR) is 86.1 cm³/mol. The van der Waals surface area contributed by atoms with Gasteiger partial charge in [-0.25, -0.2) is 4.98 Å². The molecule has 3 rings (SSSR count). The van der Waals surface area contributed by atoms with Gasteiger partial charge in [0.25, 0.3) is 0 Å². The van der Waals surface area contributed by atoms with E-state index in [4.69, 9.17) is 4.52 Å². The van der Waals surface area contributed by atoms with Gasteiger partial charge in [0, 0.05) is 18.3 Å². The van der Waals surface area contributed by atoms with Gasteiger partial charge in [0.2, 0.25) is 5.89 Å². The summed E-state index contributed by atoms with van der Waals surface area (Å²) in [6, 6.07) is 0.161. The predicted octanol–water partition coefficient (Wildman–Crippen LogP) is 2.81. The Morgan fingerprint density at radius 3 is 2.52 bits per heavy atom. The quantitative estimate of drug-likeness (QED) is 0.912. The molecule has 1 atom stereocenters. The molecule has 2 aromatic heterocycles. The van der Waals surface area contributed by atoms with Gasteiger partial charge in [-0.05, 0) is 32.9 Å². The van der Waals surface area contributed by atoms with Crippen LogP contribution in [0.5, 0.6) is 0 Å². The molecule has 0 saturated carbocycles. The van der Waals surface area contributed by atoms with Crippen molar-refractivity contribution in [2.75, 3.05) is 13.1 Å². The molecule has 0 amide bonds. The molecule has 3 heterocycles. The maximum Gasteiger partial charge on any atom is 0.243 e. The molecule has 0 bridgehead atoms. The lowest BCUT2D eigenvalue weighted by atomic mass is 9.95. The summed E-state index contributed by atoms with van der Waals surface area (Å²) in [5, 5.41) is 11.5. The van der Waals surface area contributed by atoms with Crippen molar-refractivity contribution < 1.29 is 4.52 Å². The molecule has 1 saturated heterocycles. The monoisotopic (exact) mass is 318 g/mol. The van der Waals surface area contributed by atoms with Crippen molar-refractivity contribution in [2.45, 2.75) is 64.8 Å². The van der Waals surface area contributed by atoms with Gasteiger partial charge in [-0.2, -0.15) is 10.1 Å². The number of aromatic nitrogens is 5. The lowest BCUT2D eigenvalue weighted by Gasteiger charge is -2.33. The van der Waals surface area contributed by atoms with Crippen LogP contribution in [0.2, 0.25) is 0 Å². The minimum Gasteiger partial charge on any atom is -0.338 e. The number of rotatable bonds is 5. The number of hydrogen-bond donors (Lipinski definition) is 1. The van der Waals surface area contributed by atoms with E-state index in [9.17, 15) is 0 Å². The molecule has 1 aliphatic rings. The van der Waals surface area contributed by atoms with Crippen molar-refractivity contribution in [3.05, 3.63) is 23.4 Å². The van der Waals surface area contributed by atoms with Gasteiger partial charge in [-0.15, -0.1) is 0 Å². The van der Waals surface area contributed by atoms with Crippen molar-refractivity contribution >= 4 is 0 Å². The molecule has 0 unspecified atom stereocenters. The summed E-state index contributed by atoms with van der Waals surface area (Å²) in [7, 11) is 0. The second kappa shape index (κ2) is 6.78. The minimum atomic E-state index is 0.161. The molecular weight excluding hydrogens is 292 g/mol. The number of nitrogens with zero attached hydrogens (tertiary/aromatic N) is 5. The van der Waals surface area contributed by atoms with Crippen LogP contribution in [0.15, 0.2) is 4.52 Å². The van der Waals surface area contributed by atoms with Crippen LogP contribution in [-0.4, -0.2) is 43.3 Å². The maximum atomic E-state index is 5.44. The first-order valence-electron chi connectivity index (χ1n) is 8.57. The first-order valence-corrected chi connectivity index (χ1v) is 8.57. The number of hydrogen-bond acceptors (Lipinski definition) is 6. The third-order valence-corrected chi connectivity index (χ3v) is 4.66. The fourth-order valence-corrected chi connectivity index (χ4v) is 3.00. The number of likely N-dealkylation sites (tertiary alicyclic amines) is 1. The normalized spacial score (nSPS) is 18.7. The lowest BCUT2D eigenvalue weighted by molar-refractivity contribution is 0.135. The summed E-state index contributed by atoms with van der Waals surface area (Å²) < 4.78 is 5.44. The van der Waals surface area contributed by atoms with Crippen molar-refractivity contribution in [1.29, 1.82) is 0 Å². The largest absolute Gasteiger partial charge is 0.338 e. The lowest BCUT2D eigenvalue weighted by Crippen LogP contribution is -2.35. The molecule has 23 heavy (non-hydrogen) atoms. The summed E-state index contributed by atoms with van der Waals surface area (Å²) >= 11 is 0. The van der Waals surface area contributed by atoms with Crippen LogP contribution in [0.1, 0.15) is 81.8 Å². The highest BCUT2D eigenvalue weighted by molar-refractivity contribution is 5.02. The van der Waals surface area contributed by atoms with E-state index in [-0.39, 0.29) is 6.04 Å². The Hall–Kier alpha value is -1.76. The summed E-state index contributed by atoms with van der Waals surface area (Å²) in [4.78, 5) is 11.5. The van der Waals surface area contributed by atoms with E-state index >= 15 is 0 Å². The average molecular weight is 318 g/mol. The van der Waals surface area contributed by atoms with Gasteiger partial charge in [0.1, 0.15) is 5.82 Å².